The molecule has 0 radical (unpaired) electrons. The summed E-state index contributed by atoms with van der Waals surface area (Å²) >= 11 is 6.01. The van der Waals surface area contributed by atoms with Gasteiger partial charge in [0.25, 0.3) is 5.91 Å². The predicted molar refractivity (Wildman–Crippen MR) is 81.6 cm³/mol. The van der Waals surface area contributed by atoms with E-state index < -0.39 is 0 Å². The Bertz CT molecular complexity index is 421. The van der Waals surface area contributed by atoms with Gasteiger partial charge in [0, 0.05) is 11.7 Å². The van der Waals surface area contributed by atoms with E-state index in [0.717, 1.165) is 12.8 Å². The quantitative estimate of drug-likeness (QED) is 0.586. The summed E-state index contributed by atoms with van der Waals surface area (Å²) in [5, 5.41) is 3.37. The number of hydrogen-bond acceptors (Lipinski definition) is 2. The number of nitrogens with two attached hydrogens (primary N) is 1. The summed E-state index contributed by atoms with van der Waals surface area (Å²) in [5.41, 5.74) is 6.65. The highest BCUT2D eigenvalue weighted by Gasteiger charge is 2.12. The molecule has 0 aliphatic heterocycles. The number of halogens is 1. The third-order valence-corrected chi connectivity index (χ3v) is 3.42. The van der Waals surface area contributed by atoms with E-state index in [1.165, 1.54) is 19.3 Å². The molecule has 3 N–H and O–H groups in total. The van der Waals surface area contributed by atoms with E-state index in [1.54, 1.807) is 18.2 Å². The molecular weight excluding hydrogens is 260 g/mol. The molecule has 1 aromatic carbocycles. The van der Waals surface area contributed by atoms with Gasteiger partial charge in [0.15, 0.2) is 0 Å². The molecule has 1 atom stereocenters. The first-order valence-corrected chi connectivity index (χ1v) is 7.28. The van der Waals surface area contributed by atoms with Crippen LogP contribution in [0.1, 0.15) is 56.3 Å². The summed E-state index contributed by atoms with van der Waals surface area (Å²) < 4.78 is 0. The van der Waals surface area contributed by atoms with Crippen LogP contribution in [-0.2, 0) is 0 Å². The number of unbranched alkanes of at least 4 members (excludes halogenated alkanes) is 3. The number of amides is 1. The Kier molecular flexibility index (Phi) is 6.71. The maximum Gasteiger partial charge on any atom is 0.253 e. The maximum absolute atomic E-state index is 12.0. The monoisotopic (exact) mass is 282 g/mol. The minimum Gasteiger partial charge on any atom is -0.399 e. The molecule has 1 rings (SSSR count). The average Bonchev–Trinajstić information content (AvgIpc) is 2.34. The van der Waals surface area contributed by atoms with Crippen molar-refractivity contribution in [3.05, 3.63) is 28.8 Å². The molecule has 0 aromatic heterocycles. The normalized spacial score (nSPS) is 12.2. The number of nitrogens with one attached hydrogen (secondary N) is 1. The van der Waals surface area contributed by atoms with Gasteiger partial charge in [-0.15, -0.1) is 0 Å². The Morgan fingerprint density at radius 1 is 1.37 bits per heavy atom. The van der Waals surface area contributed by atoms with Gasteiger partial charge in [-0.25, -0.2) is 0 Å². The molecule has 0 aliphatic carbocycles. The van der Waals surface area contributed by atoms with E-state index in [1.807, 2.05) is 6.92 Å². The first-order valence-electron chi connectivity index (χ1n) is 6.90. The zero-order valence-corrected chi connectivity index (χ0v) is 12.5. The van der Waals surface area contributed by atoms with Gasteiger partial charge in [0.2, 0.25) is 0 Å². The fraction of sp³-hybridized carbons (Fsp3) is 0.533. The lowest BCUT2D eigenvalue weighted by Gasteiger charge is -2.14. The number of hydrogen-bond donors (Lipinski definition) is 2. The Morgan fingerprint density at radius 2 is 2.11 bits per heavy atom. The predicted octanol–water partition coefficient (Wildman–Crippen LogP) is 4.01. The van der Waals surface area contributed by atoms with E-state index in [9.17, 15) is 4.79 Å². The zero-order chi connectivity index (χ0) is 14.3. The van der Waals surface area contributed by atoms with E-state index >= 15 is 0 Å². The Labute approximate surface area is 120 Å². The number of carbonyl (C=O) groups is 1. The Hall–Kier alpha value is -1.22. The molecule has 1 aromatic rings. The van der Waals surface area contributed by atoms with Gasteiger partial charge in [-0.2, -0.15) is 0 Å². The summed E-state index contributed by atoms with van der Waals surface area (Å²) in [4.78, 5) is 12.0. The van der Waals surface area contributed by atoms with Crippen molar-refractivity contribution in [2.24, 2.45) is 0 Å². The highest BCUT2D eigenvalue weighted by molar-refractivity contribution is 6.34. The topological polar surface area (TPSA) is 55.1 Å². The van der Waals surface area contributed by atoms with Crippen LogP contribution in [0.25, 0.3) is 0 Å². The highest BCUT2D eigenvalue weighted by Crippen LogP contribution is 2.19. The van der Waals surface area contributed by atoms with Crippen molar-refractivity contribution in [1.29, 1.82) is 0 Å². The standard InChI is InChI=1S/C15H23ClN2O/c1-3-4-5-6-7-11(2)18-15(19)13-9-8-12(17)10-14(13)16/h8-11H,3-7,17H2,1-2H3,(H,18,19). The molecule has 0 saturated carbocycles. The molecule has 0 heterocycles. The average molecular weight is 283 g/mol. The molecule has 0 fully saturated rings. The lowest BCUT2D eigenvalue weighted by molar-refractivity contribution is 0.0938. The van der Waals surface area contributed by atoms with Gasteiger partial charge in [-0.3, -0.25) is 4.79 Å². The number of rotatable bonds is 7. The molecule has 1 unspecified atom stereocenters. The van der Waals surface area contributed by atoms with Crippen molar-refractivity contribution in [2.75, 3.05) is 5.73 Å². The lowest BCUT2D eigenvalue weighted by Crippen LogP contribution is -2.32. The van der Waals surface area contributed by atoms with E-state index in [4.69, 9.17) is 17.3 Å². The van der Waals surface area contributed by atoms with Crippen molar-refractivity contribution in [2.45, 2.75) is 52.0 Å². The van der Waals surface area contributed by atoms with Crippen LogP contribution in [0.5, 0.6) is 0 Å². The summed E-state index contributed by atoms with van der Waals surface area (Å²) in [5.74, 6) is -0.131. The first kappa shape index (κ1) is 15.8. The van der Waals surface area contributed by atoms with Crippen molar-refractivity contribution in [1.82, 2.24) is 5.32 Å². The fourth-order valence-electron chi connectivity index (χ4n) is 1.97. The minimum atomic E-state index is -0.131. The van der Waals surface area contributed by atoms with Crippen molar-refractivity contribution in [3.8, 4) is 0 Å². The summed E-state index contributed by atoms with van der Waals surface area (Å²) in [7, 11) is 0. The zero-order valence-electron chi connectivity index (χ0n) is 11.7. The molecule has 0 saturated heterocycles. The first-order chi connectivity index (χ1) is 9.04. The number of anilines is 1. The van der Waals surface area contributed by atoms with Crippen molar-refractivity contribution in [3.63, 3.8) is 0 Å². The van der Waals surface area contributed by atoms with Crippen molar-refractivity contribution >= 4 is 23.2 Å². The lowest BCUT2D eigenvalue weighted by atomic mass is 10.1. The smallest absolute Gasteiger partial charge is 0.253 e. The Balaban J connectivity index is 2.45. The summed E-state index contributed by atoms with van der Waals surface area (Å²) in [6.07, 6.45) is 5.84. The van der Waals surface area contributed by atoms with Crippen LogP contribution in [-0.4, -0.2) is 11.9 Å². The molecule has 3 nitrogen and oxygen atoms in total. The van der Waals surface area contributed by atoms with Gasteiger partial charge < -0.3 is 11.1 Å². The van der Waals surface area contributed by atoms with E-state index in [0.29, 0.717) is 16.3 Å². The minimum absolute atomic E-state index is 0.131. The third-order valence-electron chi connectivity index (χ3n) is 3.11. The number of benzene rings is 1. The SMILES string of the molecule is CCCCCCC(C)NC(=O)c1ccc(N)cc1Cl. The fourth-order valence-corrected chi connectivity index (χ4v) is 2.24. The molecule has 0 aliphatic rings. The van der Waals surface area contributed by atoms with Gasteiger partial charge in [0.1, 0.15) is 0 Å². The number of nitrogen functional groups attached to an aromatic ring is 1. The van der Waals surface area contributed by atoms with E-state index in [-0.39, 0.29) is 11.9 Å². The molecule has 1 amide bonds. The maximum atomic E-state index is 12.0. The Morgan fingerprint density at radius 3 is 2.74 bits per heavy atom. The molecule has 106 valence electrons. The molecule has 0 spiro atoms. The van der Waals surface area contributed by atoms with Crippen molar-refractivity contribution < 1.29 is 4.79 Å². The van der Waals surface area contributed by atoms with E-state index in [2.05, 4.69) is 12.2 Å². The largest absolute Gasteiger partial charge is 0.399 e. The van der Waals surface area contributed by atoms with Crippen LogP contribution >= 0.6 is 11.6 Å². The van der Waals surface area contributed by atoms with Crippen LogP contribution in [0.15, 0.2) is 18.2 Å². The molecule has 19 heavy (non-hydrogen) atoms. The molecular formula is C15H23ClN2O. The second-order valence-corrected chi connectivity index (χ2v) is 5.37. The number of carbonyl (C=O) groups excluding carboxylic acids is 1. The van der Waals surface area contributed by atoms with Gasteiger partial charge in [-0.1, -0.05) is 44.2 Å². The van der Waals surface area contributed by atoms with Gasteiger partial charge in [-0.05, 0) is 31.5 Å². The second-order valence-electron chi connectivity index (χ2n) is 4.96. The molecule has 4 heteroatoms. The third kappa shape index (κ3) is 5.52. The van der Waals surface area contributed by atoms with Crippen LogP contribution in [0.2, 0.25) is 5.02 Å². The van der Waals surface area contributed by atoms with Crippen LogP contribution in [0, 0.1) is 0 Å². The van der Waals surface area contributed by atoms with Gasteiger partial charge in [0.05, 0.1) is 10.6 Å². The summed E-state index contributed by atoms with van der Waals surface area (Å²) in [6, 6.07) is 5.12. The molecule has 0 bridgehead atoms. The summed E-state index contributed by atoms with van der Waals surface area (Å²) in [6.45, 7) is 4.21. The van der Waals surface area contributed by atoms with Crippen LogP contribution in [0.4, 0.5) is 5.69 Å². The highest BCUT2D eigenvalue weighted by atomic mass is 35.5. The van der Waals surface area contributed by atoms with Crippen LogP contribution < -0.4 is 11.1 Å². The van der Waals surface area contributed by atoms with Gasteiger partial charge >= 0.3 is 0 Å². The van der Waals surface area contributed by atoms with Crippen LogP contribution in [0.3, 0.4) is 0 Å². The second kappa shape index (κ2) is 8.05.